The number of hydrogen-bond acceptors (Lipinski definition) is 5. The molecule has 0 saturated heterocycles. The third-order valence-electron chi connectivity index (χ3n) is 4.77. The zero-order valence-electron chi connectivity index (χ0n) is 17.4. The van der Waals surface area contributed by atoms with Crippen molar-refractivity contribution in [2.75, 3.05) is 11.6 Å². The fourth-order valence-corrected chi connectivity index (χ4v) is 3.52. The molecule has 0 aliphatic carbocycles. The van der Waals surface area contributed by atoms with Gasteiger partial charge in [0.1, 0.15) is 0 Å². The second kappa shape index (κ2) is 10.2. The van der Waals surface area contributed by atoms with Gasteiger partial charge >= 0.3 is 5.97 Å². The zero-order valence-corrected chi connectivity index (χ0v) is 18.2. The Hall–Kier alpha value is -3.19. The minimum atomic E-state index is -0.487. The normalized spacial score (nSPS) is 14.2. The number of nitrogens with zero attached hydrogens (tertiary/aromatic N) is 2. The van der Waals surface area contributed by atoms with Gasteiger partial charge in [0.05, 0.1) is 25.1 Å². The van der Waals surface area contributed by atoms with Crippen LogP contribution in [0.25, 0.3) is 0 Å². The molecular weight excluding hydrogens is 418 g/mol. The summed E-state index contributed by atoms with van der Waals surface area (Å²) in [5, 5.41) is 9.00. The van der Waals surface area contributed by atoms with Gasteiger partial charge in [-0.2, -0.15) is 5.10 Å². The summed E-state index contributed by atoms with van der Waals surface area (Å²) in [6.45, 7) is 3.80. The van der Waals surface area contributed by atoms with Crippen molar-refractivity contribution in [3.05, 3.63) is 64.7 Å². The number of anilines is 1. The lowest BCUT2D eigenvalue weighted by atomic mass is 10.0. The molecule has 2 amide bonds. The maximum absolute atomic E-state index is 12.8. The molecule has 0 radical (unpaired) electrons. The number of halogens is 1. The third-order valence-corrected chi connectivity index (χ3v) is 5.13. The average Bonchev–Trinajstić information content (AvgIpc) is 3.08. The van der Waals surface area contributed by atoms with Gasteiger partial charge in [-0.25, -0.2) is 5.01 Å². The van der Waals surface area contributed by atoms with Crippen LogP contribution in [0.15, 0.2) is 53.6 Å². The van der Waals surface area contributed by atoms with E-state index in [4.69, 9.17) is 16.3 Å². The monoisotopic (exact) mass is 441 g/mol. The van der Waals surface area contributed by atoms with E-state index in [0.717, 1.165) is 11.3 Å². The predicted molar refractivity (Wildman–Crippen MR) is 119 cm³/mol. The first-order chi connectivity index (χ1) is 14.9. The summed E-state index contributed by atoms with van der Waals surface area (Å²) < 4.78 is 5.05. The van der Waals surface area contributed by atoms with E-state index in [1.54, 1.807) is 44.2 Å². The van der Waals surface area contributed by atoms with Gasteiger partial charge in [-0.05, 0) is 56.2 Å². The van der Waals surface area contributed by atoms with Crippen LogP contribution in [-0.4, -0.2) is 36.1 Å². The summed E-state index contributed by atoms with van der Waals surface area (Å²) in [5.41, 5.74) is 2.57. The SMILES string of the molecule is CCOC(=O)CC(Cc1ccccc1Cl)NC(=O)c1ccc(N2N=C(C)CC2=O)cc1. The van der Waals surface area contributed by atoms with E-state index in [2.05, 4.69) is 10.4 Å². The van der Waals surface area contributed by atoms with Crippen molar-refractivity contribution >= 4 is 40.8 Å². The number of benzene rings is 2. The highest BCUT2D eigenvalue weighted by Crippen LogP contribution is 2.22. The van der Waals surface area contributed by atoms with Crippen molar-refractivity contribution in [2.45, 2.75) is 39.2 Å². The number of hydrazone groups is 1. The molecule has 1 aliphatic rings. The van der Waals surface area contributed by atoms with Crippen molar-refractivity contribution in [1.82, 2.24) is 5.32 Å². The summed E-state index contributed by atoms with van der Waals surface area (Å²) in [4.78, 5) is 36.8. The first-order valence-electron chi connectivity index (χ1n) is 10.0. The van der Waals surface area contributed by atoms with Crippen LogP contribution in [0.4, 0.5) is 5.69 Å². The molecule has 1 heterocycles. The molecule has 1 aliphatic heterocycles. The summed E-state index contributed by atoms with van der Waals surface area (Å²) >= 11 is 6.25. The van der Waals surface area contributed by atoms with E-state index in [0.29, 0.717) is 29.1 Å². The Bertz CT molecular complexity index is 1000. The van der Waals surface area contributed by atoms with Gasteiger partial charge in [0.15, 0.2) is 0 Å². The van der Waals surface area contributed by atoms with Crippen LogP contribution in [-0.2, 0) is 20.7 Å². The molecule has 0 spiro atoms. The molecule has 0 bridgehead atoms. The van der Waals surface area contributed by atoms with E-state index in [-0.39, 0.29) is 24.8 Å². The Labute approximate surface area is 186 Å². The predicted octanol–water partition coefficient (Wildman–Crippen LogP) is 3.75. The van der Waals surface area contributed by atoms with Crippen LogP contribution >= 0.6 is 11.6 Å². The topological polar surface area (TPSA) is 88.1 Å². The lowest BCUT2D eigenvalue weighted by Crippen LogP contribution is -2.38. The van der Waals surface area contributed by atoms with Crippen LogP contribution in [0.2, 0.25) is 5.02 Å². The van der Waals surface area contributed by atoms with E-state index in [1.165, 1.54) is 5.01 Å². The Morgan fingerprint density at radius 1 is 1.19 bits per heavy atom. The number of esters is 1. The van der Waals surface area contributed by atoms with Gasteiger partial charge < -0.3 is 10.1 Å². The second-order valence-corrected chi connectivity index (χ2v) is 7.65. The molecule has 1 N–H and O–H groups in total. The molecule has 2 aromatic carbocycles. The van der Waals surface area contributed by atoms with Gasteiger partial charge in [0, 0.05) is 22.3 Å². The van der Waals surface area contributed by atoms with E-state index in [1.807, 2.05) is 18.2 Å². The lowest BCUT2D eigenvalue weighted by Gasteiger charge is -2.19. The number of nitrogens with one attached hydrogen (secondary N) is 1. The summed E-state index contributed by atoms with van der Waals surface area (Å²) in [5.74, 6) is -0.833. The van der Waals surface area contributed by atoms with Crippen molar-refractivity contribution < 1.29 is 19.1 Å². The smallest absolute Gasteiger partial charge is 0.307 e. The number of rotatable bonds is 8. The van der Waals surface area contributed by atoms with Gasteiger partial charge in [0.25, 0.3) is 11.8 Å². The molecule has 0 aromatic heterocycles. The van der Waals surface area contributed by atoms with Crippen LogP contribution in [0.3, 0.4) is 0 Å². The number of amides is 2. The first-order valence-corrected chi connectivity index (χ1v) is 10.4. The average molecular weight is 442 g/mol. The van der Waals surface area contributed by atoms with Crippen molar-refractivity contribution in [1.29, 1.82) is 0 Å². The number of carbonyl (C=O) groups excluding carboxylic acids is 3. The highest BCUT2D eigenvalue weighted by atomic mass is 35.5. The number of hydrogen-bond donors (Lipinski definition) is 1. The van der Waals surface area contributed by atoms with Gasteiger partial charge in [-0.15, -0.1) is 0 Å². The Kier molecular flexibility index (Phi) is 7.41. The fraction of sp³-hybridized carbons (Fsp3) is 0.304. The molecule has 8 heteroatoms. The summed E-state index contributed by atoms with van der Waals surface area (Å²) in [7, 11) is 0. The molecule has 3 rings (SSSR count). The van der Waals surface area contributed by atoms with Crippen molar-refractivity contribution in [3.8, 4) is 0 Å². The maximum Gasteiger partial charge on any atom is 0.307 e. The van der Waals surface area contributed by atoms with Crippen molar-refractivity contribution in [2.24, 2.45) is 5.10 Å². The molecule has 0 fully saturated rings. The maximum atomic E-state index is 12.8. The highest BCUT2D eigenvalue weighted by Gasteiger charge is 2.23. The Balaban J connectivity index is 1.72. The third kappa shape index (κ3) is 5.92. The van der Waals surface area contributed by atoms with E-state index >= 15 is 0 Å². The Morgan fingerprint density at radius 2 is 1.90 bits per heavy atom. The molecule has 31 heavy (non-hydrogen) atoms. The number of carbonyl (C=O) groups is 3. The minimum Gasteiger partial charge on any atom is -0.466 e. The highest BCUT2D eigenvalue weighted by molar-refractivity contribution is 6.31. The molecule has 2 aromatic rings. The van der Waals surface area contributed by atoms with Crippen molar-refractivity contribution in [3.63, 3.8) is 0 Å². The van der Waals surface area contributed by atoms with Crippen LogP contribution < -0.4 is 10.3 Å². The van der Waals surface area contributed by atoms with Crippen LogP contribution in [0.5, 0.6) is 0 Å². The quantitative estimate of drug-likeness (QED) is 0.632. The van der Waals surface area contributed by atoms with Gasteiger partial charge in [-0.1, -0.05) is 29.8 Å². The fourth-order valence-electron chi connectivity index (χ4n) is 3.30. The molecule has 162 valence electrons. The van der Waals surface area contributed by atoms with E-state index < -0.39 is 12.0 Å². The lowest BCUT2D eigenvalue weighted by molar-refractivity contribution is -0.143. The zero-order chi connectivity index (χ0) is 22.4. The molecule has 1 unspecified atom stereocenters. The standard InChI is InChI=1S/C23H24ClN3O4/c1-3-31-22(29)14-18(13-17-6-4-5-7-20(17)24)25-23(30)16-8-10-19(11-9-16)27-21(28)12-15(2)26-27/h4-11,18H,3,12-14H2,1-2H3,(H,25,30). The number of ether oxygens (including phenoxy) is 1. The molecule has 1 atom stereocenters. The summed E-state index contributed by atoms with van der Waals surface area (Å²) in [6.07, 6.45) is 0.706. The molecule has 0 saturated carbocycles. The van der Waals surface area contributed by atoms with Crippen LogP contribution in [0.1, 0.15) is 42.6 Å². The van der Waals surface area contributed by atoms with E-state index in [9.17, 15) is 14.4 Å². The second-order valence-electron chi connectivity index (χ2n) is 7.24. The first kappa shape index (κ1) is 22.5. The van der Waals surface area contributed by atoms with Crippen LogP contribution in [0, 0.1) is 0 Å². The Morgan fingerprint density at radius 3 is 2.52 bits per heavy atom. The molecular formula is C23H24ClN3O4. The molecule has 7 nitrogen and oxygen atoms in total. The largest absolute Gasteiger partial charge is 0.466 e. The summed E-state index contributed by atoms with van der Waals surface area (Å²) in [6, 6.07) is 13.4. The van der Waals surface area contributed by atoms with Gasteiger partial charge in [-0.3, -0.25) is 14.4 Å². The van der Waals surface area contributed by atoms with Gasteiger partial charge in [0.2, 0.25) is 0 Å². The minimum absolute atomic E-state index is 0.0269.